The number of nitrogens with two attached hydrogens (primary N) is 1. The van der Waals surface area contributed by atoms with Crippen LogP contribution < -0.4 is 5.73 Å². The first-order chi connectivity index (χ1) is 9.63. The van der Waals surface area contributed by atoms with E-state index in [4.69, 9.17) is 25.7 Å². The number of hydrogen-bond acceptors (Lipinski definition) is 7. The molecule has 1 rings (SSSR count). The maximum absolute atomic E-state index is 11.5. The minimum absolute atomic E-state index is 0.0662. The maximum Gasteiger partial charge on any atom is 0.348 e. The summed E-state index contributed by atoms with van der Waals surface area (Å²) in [4.78, 5) is 13.3. The zero-order chi connectivity index (χ0) is 15.0. The van der Waals surface area contributed by atoms with E-state index < -0.39 is 5.97 Å². The zero-order valence-corrected chi connectivity index (χ0v) is 11.3. The van der Waals surface area contributed by atoms with E-state index in [1.165, 1.54) is 0 Å². The predicted molar refractivity (Wildman–Crippen MR) is 69.5 cm³/mol. The van der Waals surface area contributed by atoms with Gasteiger partial charge in [0, 0.05) is 13.1 Å². The summed E-state index contributed by atoms with van der Waals surface area (Å²) in [5.41, 5.74) is 5.72. The van der Waals surface area contributed by atoms with Crippen LogP contribution in [0.25, 0.3) is 0 Å². The van der Waals surface area contributed by atoms with E-state index in [0.29, 0.717) is 26.3 Å². The monoisotopic (exact) mass is 276 g/mol. The quantitative estimate of drug-likeness (QED) is 0.333. The largest absolute Gasteiger partial charge is 0.462 e. The van der Waals surface area contributed by atoms with Crippen molar-refractivity contribution in [3.05, 3.63) is 23.0 Å². The Balaban J connectivity index is 3.01. The molecular weight excluding hydrogens is 260 g/mol. The van der Waals surface area contributed by atoms with Crippen LogP contribution in [-0.4, -0.2) is 43.8 Å². The van der Waals surface area contributed by atoms with Gasteiger partial charge >= 0.3 is 5.97 Å². The fourth-order valence-corrected chi connectivity index (χ4v) is 1.63. The van der Waals surface area contributed by atoms with Gasteiger partial charge in [0.15, 0.2) is 0 Å². The number of rotatable bonds is 4. The van der Waals surface area contributed by atoms with E-state index in [0.717, 1.165) is 6.08 Å². The Bertz CT molecular complexity index is 505. The molecule has 7 heteroatoms. The third-order valence-electron chi connectivity index (χ3n) is 2.65. The first kappa shape index (κ1) is 15.5. The molecule has 1 heterocycles. The summed E-state index contributed by atoms with van der Waals surface area (Å²) in [5, 5.41) is 18.1. The fraction of sp³-hybridized carbons (Fsp3) is 0.462. The lowest BCUT2D eigenvalue weighted by atomic mass is 10.1. The van der Waals surface area contributed by atoms with E-state index in [1.807, 2.05) is 6.07 Å². The number of carbonyl (C=O) groups is 1. The normalized spacial score (nSPS) is 16.8. The molecule has 0 radical (unpaired) electrons. The van der Waals surface area contributed by atoms with Crippen molar-refractivity contribution in [1.82, 2.24) is 4.90 Å². The standard InChI is InChI=1S/C13H16N4O3/c1-2-20-13(18)11(9-15)7-10(8-14)12(16)17-3-5-19-6-4-17/h7H,2-6,16H2,1H3/b11-7-,12-10-. The highest BCUT2D eigenvalue weighted by atomic mass is 16.5. The Morgan fingerprint density at radius 1 is 1.40 bits per heavy atom. The van der Waals surface area contributed by atoms with Crippen LogP contribution in [0.3, 0.4) is 0 Å². The van der Waals surface area contributed by atoms with Gasteiger partial charge in [0.05, 0.1) is 25.4 Å². The number of nitrogens with zero attached hydrogens (tertiary/aromatic N) is 3. The molecule has 0 spiro atoms. The third-order valence-corrected chi connectivity index (χ3v) is 2.65. The SMILES string of the molecule is CCOC(=O)/C(C#N)=C\C(C#N)=C(/N)N1CCOCC1. The Hall–Kier alpha value is -2.51. The minimum Gasteiger partial charge on any atom is -0.462 e. The Labute approximate surface area is 117 Å². The highest BCUT2D eigenvalue weighted by Gasteiger charge is 2.17. The molecule has 2 N–H and O–H groups in total. The summed E-state index contributed by atoms with van der Waals surface area (Å²) in [7, 11) is 0. The number of nitriles is 2. The van der Waals surface area contributed by atoms with E-state index >= 15 is 0 Å². The first-order valence-electron chi connectivity index (χ1n) is 6.15. The number of allylic oxidation sites excluding steroid dienone is 2. The van der Waals surface area contributed by atoms with E-state index in [9.17, 15) is 4.79 Å². The van der Waals surface area contributed by atoms with Crippen LogP contribution in [0.4, 0.5) is 0 Å². The summed E-state index contributed by atoms with van der Waals surface area (Å²) < 4.78 is 9.92. The first-order valence-corrected chi connectivity index (χ1v) is 6.15. The summed E-state index contributed by atoms with van der Waals surface area (Å²) in [5.74, 6) is -0.537. The van der Waals surface area contributed by atoms with Crippen LogP contribution in [0.5, 0.6) is 0 Å². The fourth-order valence-electron chi connectivity index (χ4n) is 1.63. The molecule has 1 aliphatic rings. The molecule has 0 aromatic rings. The molecule has 0 atom stereocenters. The topological polar surface area (TPSA) is 112 Å². The second-order valence-electron chi connectivity index (χ2n) is 3.90. The molecule has 1 aliphatic heterocycles. The number of esters is 1. The van der Waals surface area contributed by atoms with Gasteiger partial charge in [-0.25, -0.2) is 4.79 Å². The molecule has 0 aromatic heterocycles. The van der Waals surface area contributed by atoms with Gasteiger partial charge < -0.3 is 20.1 Å². The highest BCUT2D eigenvalue weighted by Crippen LogP contribution is 2.11. The van der Waals surface area contributed by atoms with Crippen LogP contribution in [0.15, 0.2) is 23.0 Å². The van der Waals surface area contributed by atoms with E-state index in [2.05, 4.69) is 0 Å². The van der Waals surface area contributed by atoms with Gasteiger partial charge in [0.1, 0.15) is 23.5 Å². The zero-order valence-electron chi connectivity index (χ0n) is 11.3. The van der Waals surface area contributed by atoms with E-state index in [1.54, 1.807) is 17.9 Å². The number of morpholine rings is 1. The van der Waals surface area contributed by atoms with Gasteiger partial charge in [0.25, 0.3) is 0 Å². The molecule has 1 saturated heterocycles. The van der Waals surface area contributed by atoms with E-state index in [-0.39, 0.29) is 23.6 Å². The summed E-state index contributed by atoms with van der Waals surface area (Å²) >= 11 is 0. The second kappa shape index (κ2) is 7.82. The molecule has 106 valence electrons. The van der Waals surface area contributed by atoms with Crippen molar-refractivity contribution < 1.29 is 14.3 Å². The lowest BCUT2D eigenvalue weighted by molar-refractivity contribution is -0.138. The Morgan fingerprint density at radius 2 is 2.05 bits per heavy atom. The van der Waals surface area contributed by atoms with Crippen LogP contribution in [-0.2, 0) is 14.3 Å². The molecule has 0 aliphatic carbocycles. The van der Waals surface area contributed by atoms with Crippen LogP contribution in [0, 0.1) is 22.7 Å². The van der Waals surface area contributed by atoms with Crippen molar-refractivity contribution in [1.29, 1.82) is 10.5 Å². The Morgan fingerprint density at radius 3 is 2.55 bits per heavy atom. The average molecular weight is 276 g/mol. The molecule has 7 nitrogen and oxygen atoms in total. The van der Waals surface area contributed by atoms with Gasteiger partial charge in [-0.2, -0.15) is 10.5 Å². The van der Waals surface area contributed by atoms with Crippen molar-refractivity contribution in [2.24, 2.45) is 5.73 Å². The highest BCUT2D eigenvalue weighted by molar-refractivity contribution is 5.93. The lowest BCUT2D eigenvalue weighted by Gasteiger charge is -2.29. The minimum atomic E-state index is -0.766. The summed E-state index contributed by atoms with van der Waals surface area (Å²) in [6.07, 6.45) is 1.16. The average Bonchev–Trinajstić information content (AvgIpc) is 2.49. The molecular formula is C13H16N4O3. The third kappa shape index (κ3) is 4.01. The van der Waals surface area contributed by atoms with Crippen LogP contribution in [0.1, 0.15) is 6.92 Å². The van der Waals surface area contributed by atoms with Crippen molar-refractivity contribution in [3.8, 4) is 12.1 Å². The van der Waals surface area contributed by atoms with Gasteiger partial charge in [-0.3, -0.25) is 0 Å². The van der Waals surface area contributed by atoms with Crippen molar-refractivity contribution in [3.63, 3.8) is 0 Å². The van der Waals surface area contributed by atoms with Crippen molar-refractivity contribution in [2.45, 2.75) is 6.92 Å². The molecule has 0 amide bonds. The predicted octanol–water partition coefficient (Wildman–Crippen LogP) is 0.0256. The molecule has 1 fully saturated rings. The van der Waals surface area contributed by atoms with Gasteiger partial charge in [0.2, 0.25) is 0 Å². The van der Waals surface area contributed by atoms with Crippen molar-refractivity contribution in [2.75, 3.05) is 32.9 Å². The molecule has 0 bridgehead atoms. The molecule has 20 heavy (non-hydrogen) atoms. The number of ether oxygens (including phenoxy) is 2. The summed E-state index contributed by atoms with van der Waals surface area (Å²) in [6.45, 7) is 3.95. The van der Waals surface area contributed by atoms with Gasteiger partial charge in [-0.15, -0.1) is 0 Å². The molecule has 0 unspecified atom stereocenters. The molecule has 0 saturated carbocycles. The van der Waals surface area contributed by atoms with Gasteiger partial charge in [-0.05, 0) is 13.0 Å². The Kier molecular flexibility index (Phi) is 6.08. The molecule has 0 aromatic carbocycles. The van der Waals surface area contributed by atoms with Crippen molar-refractivity contribution >= 4 is 5.97 Å². The summed E-state index contributed by atoms with van der Waals surface area (Å²) in [6, 6.07) is 3.61. The second-order valence-corrected chi connectivity index (χ2v) is 3.90. The van der Waals surface area contributed by atoms with Crippen LogP contribution in [0.2, 0.25) is 0 Å². The maximum atomic E-state index is 11.5. The number of carbonyl (C=O) groups excluding carboxylic acids is 1. The lowest BCUT2D eigenvalue weighted by Crippen LogP contribution is -2.39. The van der Waals surface area contributed by atoms with Gasteiger partial charge in [-0.1, -0.05) is 0 Å². The van der Waals surface area contributed by atoms with Crippen LogP contribution >= 0.6 is 0 Å². The number of hydrogen-bond donors (Lipinski definition) is 1. The smallest absolute Gasteiger partial charge is 0.348 e.